The number of amides is 3. The number of hydrogen-bond acceptors (Lipinski definition) is 11. The van der Waals surface area contributed by atoms with Crippen molar-refractivity contribution in [3.63, 3.8) is 0 Å². The first kappa shape index (κ1) is 35.2. The number of nitrogens with one attached hydrogen (secondary N) is 1. The molecular weight excluding hydrogens is 766 g/mol. The molecule has 2 aromatic heterocycles. The van der Waals surface area contributed by atoms with Crippen LogP contribution in [0.15, 0.2) is 80.4 Å². The minimum Gasteiger partial charge on any atom is -0.454 e. The smallest absolute Gasteiger partial charge is 0.255 e. The van der Waals surface area contributed by atoms with Crippen molar-refractivity contribution in [2.24, 2.45) is 5.92 Å². The van der Waals surface area contributed by atoms with Crippen molar-refractivity contribution in [3.05, 3.63) is 92.6 Å². The second-order valence-corrected chi connectivity index (χ2v) is 15.7. The third kappa shape index (κ3) is 6.78. The van der Waals surface area contributed by atoms with Gasteiger partial charge in [0.05, 0.1) is 5.39 Å². The Kier molecular flexibility index (Phi) is 9.17. The first-order valence-electron chi connectivity index (χ1n) is 18.8. The lowest BCUT2D eigenvalue weighted by Crippen LogP contribution is -2.52. The maximum atomic E-state index is 13.1. The van der Waals surface area contributed by atoms with Crippen molar-refractivity contribution in [2.45, 2.75) is 38.3 Å². The van der Waals surface area contributed by atoms with Crippen molar-refractivity contribution in [3.8, 4) is 11.5 Å². The van der Waals surface area contributed by atoms with E-state index < -0.39 is 6.04 Å². The fraction of sp³-hybridized carbons (Fsp3) is 0.341. The Morgan fingerprint density at radius 3 is 2.36 bits per heavy atom. The molecular formula is C41H40BrN7O6. The quantitative estimate of drug-likeness (QED) is 0.163. The maximum Gasteiger partial charge on any atom is 0.255 e. The molecule has 3 aromatic carbocycles. The van der Waals surface area contributed by atoms with E-state index in [1.807, 2.05) is 30.3 Å². The largest absolute Gasteiger partial charge is 0.454 e. The lowest BCUT2D eigenvalue weighted by atomic mass is 9.95. The second-order valence-electron chi connectivity index (χ2n) is 14.8. The van der Waals surface area contributed by atoms with Gasteiger partial charge in [-0.05, 0) is 101 Å². The average Bonchev–Trinajstić information content (AvgIpc) is 3.51. The molecule has 3 fully saturated rings. The van der Waals surface area contributed by atoms with Gasteiger partial charge in [-0.15, -0.1) is 0 Å². The van der Waals surface area contributed by atoms with E-state index in [9.17, 15) is 19.2 Å². The highest BCUT2D eigenvalue weighted by Crippen LogP contribution is 2.34. The van der Waals surface area contributed by atoms with Gasteiger partial charge in [0, 0.05) is 86.3 Å². The maximum absolute atomic E-state index is 13.1. The van der Waals surface area contributed by atoms with Crippen molar-refractivity contribution in [1.29, 1.82) is 0 Å². The van der Waals surface area contributed by atoms with Crippen LogP contribution in [-0.2, 0) is 16.1 Å². The lowest BCUT2D eigenvalue weighted by molar-refractivity contribution is -0.136. The van der Waals surface area contributed by atoms with E-state index in [1.54, 1.807) is 23.1 Å². The Bertz CT molecular complexity index is 2400. The summed E-state index contributed by atoms with van der Waals surface area (Å²) >= 11 is 3.42. The number of fused-ring (bicyclic) bond motifs is 3. The molecule has 3 saturated heterocycles. The van der Waals surface area contributed by atoms with Crippen LogP contribution in [0.3, 0.4) is 0 Å². The Labute approximate surface area is 325 Å². The predicted molar refractivity (Wildman–Crippen MR) is 212 cm³/mol. The van der Waals surface area contributed by atoms with Gasteiger partial charge in [0.1, 0.15) is 17.4 Å². The van der Waals surface area contributed by atoms with Gasteiger partial charge in [0.2, 0.25) is 17.2 Å². The first-order valence-corrected chi connectivity index (χ1v) is 19.6. The Morgan fingerprint density at radius 1 is 0.855 bits per heavy atom. The number of ether oxygens (including phenoxy) is 1. The number of nitrogens with zero attached hydrogens (tertiary/aromatic N) is 5. The summed E-state index contributed by atoms with van der Waals surface area (Å²) in [5.74, 6) is 0.865. The van der Waals surface area contributed by atoms with Crippen LogP contribution in [0.4, 0.5) is 17.2 Å². The van der Waals surface area contributed by atoms with Gasteiger partial charge in [0.15, 0.2) is 22.7 Å². The fourth-order valence-corrected chi connectivity index (χ4v) is 8.93. The monoisotopic (exact) mass is 805 g/mol. The number of carbonyl (C=O) groups is 3. The molecule has 13 nitrogen and oxygen atoms in total. The number of rotatable bonds is 7. The van der Waals surface area contributed by atoms with Gasteiger partial charge in [-0.1, -0.05) is 6.07 Å². The number of pyridine rings is 1. The van der Waals surface area contributed by atoms with E-state index in [4.69, 9.17) is 14.9 Å². The molecule has 282 valence electrons. The highest BCUT2D eigenvalue weighted by molar-refractivity contribution is 9.10. The number of carbonyl (C=O) groups excluding carboxylic acids is 3. The van der Waals surface area contributed by atoms with E-state index in [-0.39, 0.29) is 40.9 Å². The van der Waals surface area contributed by atoms with E-state index in [0.29, 0.717) is 57.0 Å². The summed E-state index contributed by atoms with van der Waals surface area (Å²) in [6, 6.07) is 20.3. The van der Waals surface area contributed by atoms with E-state index >= 15 is 0 Å². The Hall–Kier alpha value is -5.47. The third-order valence-corrected chi connectivity index (χ3v) is 12.1. The zero-order valence-corrected chi connectivity index (χ0v) is 31.7. The molecule has 1 atom stereocenters. The van der Waals surface area contributed by atoms with Crippen LogP contribution < -0.4 is 31.0 Å². The van der Waals surface area contributed by atoms with E-state index in [2.05, 4.69) is 59.1 Å². The van der Waals surface area contributed by atoms with Crippen molar-refractivity contribution in [2.75, 3.05) is 61.3 Å². The molecule has 5 aromatic rings. The molecule has 55 heavy (non-hydrogen) atoms. The molecule has 6 heterocycles. The van der Waals surface area contributed by atoms with Gasteiger partial charge in [-0.3, -0.25) is 29.4 Å². The summed E-state index contributed by atoms with van der Waals surface area (Å²) in [7, 11) is 0. The Balaban J connectivity index is 0.759. The number of nitrogen functional groups attached to an aromatic ring is 1. The van der Waals surface area contributed by atoms with Crippen LogP contribution >= 0.6 is 15.9 Å². The zero-order valence-electron chi connectivity index (χ0n) is 30.1. The predicted octanol–water partition coefficient (Wildman–Crippen LogP) is 5.28. The molecule has 0 aliphatic carbocycles. The molecule has 9 rings (SSSR count). The molecule has 3 amide bonds. The standard InChI is InChI=1S/C41H40BrN7O6/c42-30-2-1-3-32-36(30)38(51)37-33(55-32)21-34(39(43)45-37)54-28-7-4-26(5-8-28)48-18-16-46(17-19-48)22-24-12-14-47(15-13-24)27-6-9-29-25(20-27)23-49(41(29)53)31-10-11-35(50)44-40(31)52/h1-9,20-21,24,31H,10-19,22-23H2,(H2,43,45)(H,44,50,52). The van der Waals surface area contributed by atoms with Gasteiger partial charge in [-0.25, -0.2) is 4.98 Å². The topological polar surface area (TPSA) is 155 Å². The van der Waals surface area contributed by atoms with Crippen molar-refractivity contribution < 1.29 is 23.5 Å². The van der Waals surface area contributed by atoms with Gasteiger partial charge < -0.3 is 29.6 Å². The van der Waals surface area contributed by atoms with Crippen molar-refractivity contribution >= 4 is 72.9 Å². The number of anilines is 3. The summed E-state index contributed by atoms with van der Waals surface area (Å²) in [5.41, 5.74) is 10.7. The number of aromatic nitrogens is 1. The summed E-state index contributed by atoms with van der Waals surface area (Å²) in [5, 5.41) is 2.80. The van der Waals surface area contributed by atoms with Crippen LogP contribution in [0.5, 0.6) is 11.5 Å². The molecule has 14 heteroatoms. The number of piperazine rings is 1. The average molecular weight is 807 g/mol. The fourth-order valence-electron chi connectivity index (χ4n) is 8.40. The summed E-state index contributed by atoms with van der Waals surface area (Å²) < 4.78 is 12.7. The SMILES string of the molecule is Nc1nc2c(=O)c3c(Br)cccc3oc2cc1Oc1ccc(N2CCN(CC3CCN(c4ccc5c(c4)CN(C4CCC(=O)NC4=O)C5=O)CC3)CC2)cc1. The number of nitrogens with two attached hydrogens (primary N) is 1. The number of imide groups is 1. The summed E-state index contributed by atoms with van der Waals surface area (Å²) in [4.78, 5) is 63.6. The highest BCUT2D eigenvalue weighted by Gasteiger charge is 2.39. The second kappa shape index (κ2) is 14.3. The molecule has 3 N–H and O–H groups in total. The molecule has 4 aliphatic heterocycles. The molecule has 0 bridgehead atoms. The van der Waals surface area contributed by atoms with Crippen LogP contribution in [-0.4, -0.2) is 84.4 Å². The number of halogens is 1. The summed E-state index contributed by atoms with van der Waals surface area (Å²) in [6.07, 6.45) is 2.84. The van der Waals surface area contributed by atoms with Crippen molar-refractivity contribution in [1.82, 2.24) is 20.1 Å². The lowest BCUT2D eigenvalue weighted by Gasteiger charge is -2.40. The first-order chi connectivity index (χ1) is 26.7. The Morgan fingerprint density at radius 2 is 1.60 bits per heavy atom. The normalized spacial score (nSPS) is 19.7. The molecule has 4 aliphatic rings. The van der Waals surface area contributed by atoms with Crippen LogP contribution in [0, 0.1) is 5.92 Å². The van der Waals surface area contributed by atoms with E-state index in [0.717, 1.165) is 75.6 Å². The minimum atomic E-state index is -0.599. The number of piperidine rings is 2. The molecule has 0 radical (unpaired) electrons. The number of hydrogen-bond donors (Lipinski definition) is 2. The zero-order chi connectivity index (χ0) is 37.8. The van der Waals surface area contributed by atoms with Crippen LogP contribution in [0.2, 0.25) is 0 Å². The third-order valence-electron chi connectivity index (χ3n) is 11.4. The van der Waals surface area contributed by atoms with Crippen LogP contribution in [0.25, 0.3) is 22.1 Å². The minimum absolute atomic E-state index is 0.109. The van der Waals surface area contributed by atoms with Gasteiger partial charge >= 0.3 is 0 Å². The van der Waals surface area contributed by atoms with E-state index in [1.165, 1.54) is 0 Å². The number of benzene rings is 3. The van der Waals surface area contributed by atoms with Gasteiger partial charge in [-0.2, -0.15) is 0 Å². The van der Waals surface area contributed by atoms with Gasteiger partial charge in [0.25, 0.3) is 5.91 Å². The highest BCUT2D eigenvalue weighted by atomic mass is 79.9. The molecule has 0 saturated carbocycles. The molecule has 0 spiro atoms. The summed E-state index contributed by atoms with van der Waals surface area (Å²) in [6.45, 7) is 7.28. The molecule has 1 unspecified atom stereocenters. The van der Waals surface area contributed by atoms with Crippen LogP contribution in [0.1, 0.15) is 41.6 Å².